The van der Waals surface area contributed by atoms with Crippen LogP contribution in [0.5, 0.6) is 0 Å². The van der Waals surface area contributed by atoms with Gasteiger partial charge in [0.25, 0.3) is 0 Å². The van der Waals surface area contributed by atoms with Gasteiger partial charge in [0.2, 0.25) is 0 Å². The molecule has 1 aromatic rings. The molecule has 0 bridgehead atoms. The molecule has 4 nitrogen and oxygen atoms in total. The van der Waals surface area contributed by atoms with Crippen LogP contribution in [0.4, 0.5) is 11.4 Å². The van der Waals surface area contributed by atoms with Gasteiger partial charge in [-0.2, -0.15) is 0 Å². The van der Waals surface area contributed by atoms with Crippen LogP contribution in [0.3, 0.4) is 0 Å². The smallest absolute Gasteiger partial charge is 0.161 e. The Balaban J connectivity index is 3.07. The molecule has 0 aliphatic heterocycles. The minimum Gasteiger partial charge on any atom is -0.398 e. The summed E-state index contributed by atoms with van der Waals surface area (Å²) in [6, 6.07) is 5.84. The topological polar surface area (TPSA) is 55.6 Å². The number of carbonyl (C=O) groups excluding carboxylic acids is 1. The number of hydrogen-bond donors (Lipinski definition) is 1. The van der Waals surface area contributed by atoms with E-state index in [4.69, 9.17) is 10.5 Å². The summed E-state index contributed by atoms with van der Waals surface area (Å²) in [4.78, 5) is 13.7. The van der Waals surface area contributed by atoms with Gasteiger partial charge in [0.1, 0.15) is 0 Å². The molecular formula is C14H22N2O2. The molecule has 100 valence electrons. The highest BCUT2D eigenvalue weighted by molar-refractivity contribution is 6.00. The fraction of sp³-hybridized carbons (Fsp3) is 0.500. The Morgan fingerprint density at radius 1 is 1.50 bits per heavy atom. The highest BCUT2D eigenvalue weighted by atomic mass is 16.5. The molecule has 0 aliphatic carbocycles. The van der Waals surface area contributed by atoms with Gasteiger partial charge < -0.3 is 15.4 Å². The lowest BCUT2D eigenvalue weighted by Gasteiger charge is -2.30. The first-order valence-electron chi connectivity index (χ1n) is 6.17. The standard InChI is InChI=1S/C14H22N2O2/c1-5-16(10(2)9-18-4)12-6-7-14(15)13(8-12)11(3)17/h6-8,10H,5,9,15H2,1-4H3. The van der Waals surface area contributed by atoms with Crippen molar-refractivity contribution in [3.8, 4) is 0 Å². The summed E-state index contributed by atoms with van der Waals surface area (Å²) < 4.78 is 5.18. The minimum atomic E-state index is -0.00945. The predicted molar refractivity (Wildman–Crippen MR) is 75.2 cm³/mol. The molecule has 0 heterocycles. The van der Waals surface area contributed by atoms with Crippen LogP contribution in [0.15, 0.2) is 18.2 Å². The maximum Gasteiger partial charge on any atom is 0.161 e. The van der Waals surface area contributed by atoms with E-state index in [1.807, 2.05) is 12.1 Å². The fourth-order valence-electron chi connectivity index (χ4n) is 2.11. The SMILES string of the molecule is CCN(c1ccc(N)c(C(C)=O)c1)C(C)COC. The number of nitrogen functional groups attached to an aromatic ring is 1. The number of benzene rings is 1. The molecule has 0 saturated heterocycles. The molecule has 0 saturated carbocycles. The van der Waals surface area contributed by atoms with Crippen LogP contribution in [0.25, 0.3) is 0 Å². The molecule has 0 amide bonds. The van der Waals surface area contributed by atoms with Crippen LogP contribution in [0.2, 0.25) is 0 Å². The van der Waals surface area contributed by atoms with E-state index in [1.54, 1.807) is 13.2 Å². The second kappa shape index (κ2) is 6.40. The summed E-state index contributed by atoms with van der Waals surface area (Å²) in [5, 5.41) is 0. The Kier molecular flexibility index (Phi) is 5.16. The highest BCUT2D eigenvalue weighted by Crippen LogP contribution is 2.23. The Bertz CT molecular complexity index is 418. The number of carbonyl (C=O) groups is 1. The van der Waals surface area contributed by atoms with Crippen molar-refractivity contribution in [3.05, 3.63) is 23.8 Å². The van der Waals surface area contributed by atoms with Crippen molar-refractivity contribution in [1.29, 1.82) is 0 Å². The zero-order chi connectivity index (χ0) is 13.7. The summed E-state index contributed by atoms with van der Waals surface area (Å²) in [5.74, 6) is -0.00945. The van der Waals surface area contributed by atoms with Gasteiger partial charge in [-0.25, -0.2) is 0 Å². The van der Waals surface area contributed by atoms with Gasteiger partial charge in [-0.1, -0.05) is 0 Å². The van der Waals surface area contributed by atoms with E-state index in [1.165, 1.54) is 6.92 Å². The number of likely N-dealkylation sites (N-methyl/N-ethyl adjacent to an activating group) is 1. The van der Waals surface area contributed by atoms with Gasteiger partial charge >= 0.3 is 0 Å². The number of rotatable bonds is 6. The number of ether oxygens (including phenoxy) is 1. The normalized spacial score (nSPS) is 12.2. The molecule has 1 unspecified atom stereocenters. The van der Waals surface area contributed by atoms with Crippen LogP contribution >= 0.6 is 0 Å². The average Bonchev–Trinajstić information content (AvgIpc) is 2.32. The van der Waals surface area contributed by atoms with Crippen LogP contribution < -0.4 is 10.6 Å². The Labute approximate surface area is 109 Å². The number of Topliss-reactive ketones (excluding diaryl/α,β-unsaturated/α-hetero) is 1. The molecular weight excluding hydrogens is 228 g/mol. The van der Waals surface area contributed by atoms with Gasteiger partial charge in [0.15, 0.2) is 5.78 Å². The monoisotopic (exact) mass is 250 g/mol. The lowest BCUT2D eigenvalue weighted by Crippen LogP contribution is -2.36. The van der Waals surface area contributed by atoms with Crippen molar-refractivity contribution >= 4 is 17.2 Å². The van der Waals surface area contributed by atoms with Crippen LogP contribution in [-0.4, -0.2) is 32.1 Å². The summed E-state index contributed by atoms with van der Waals surface area (Å²) in [6.07, 6.45) is 0. The molecule has 0 aliphatic rings. The Hall–Kier alpha value is -1.55. The van der Waals surface area contributed by atoms with E-state index >= 15 is 0 Å². The molecule has 1 aromatic carbocycles. The van der Waals surface area contributed by atoms with Crippen molar-refractivity contribution in [2.75, 3.05) is 30.9 Å². The highest BCUT2D eigenvalue weighted by Gasteiger charge is 2.15. The largest absolute Gasteiger partial charge is 0.398 e. The first-order chi connectivity index (χ1) is 8.51. The Morgan fingerprint density at radius 3 is 2.67 bits per heavy atom. The number of hydrogen-bond acceptors (Lipinski definition) is 4. The summed E-state index contributed by atoms with van der Waals surface area (Å²) >= 11 is 0. The maximum absolute atomic E-state index is 11.5. The van der Waals surface area contributed by atoms with E-state index in [9.17, 15) is 4.79 Å². The lowest BCUT2D eigenvalue weighted by molar-refractivity contribution is 0.101. The van der Waals surface area contributed by atoms with Crippen molar-refractivity contribution in [1.82, 2.24) is 0 Å². The second-order valence-corrected chi connectivity index (χ2v) is 4.42. The van der Waals surface area contributed by atoms with E-state index in [-0.39, 0.29) is 11.8 Å². The van der Waals surface area contributed by atoms with Crippen LogP contribution in [0.1, 0.15) is 31.1 Å². The minimum absolute atomic E-state index is 0.00945. The summed E-state index contributed by atoms with van der Waals surface area (Å²) in [7, 11) is 1.69. The molecule has 0 spiro atoms. The molecule has 1 rings (SSSR count). The third kappa shape index (κ3) is 3.23. The lowest BCUT2D eigenvalue weighted by atomic mass is 10.1. The fourth-order valence-corrected chi connectivity index (χ4v) is 2.11. The third-order valence-corrected chi connectivity index (χ3v) is 3.03. The number of nitrogens with two attached hydrogens (primary N) is 1. The number of ketones is 1. The molecule has 2 N–H and O–H groups in total. The average molecular weight is 250 g/mol. The van der Waals surface area contributed by atoms with E-state index in [0.29, 0.717) is 17.9 Å². The molecule has 0 aromatic heterocycles. The number of methoxy groups -OCH3 is 1. The number of nitrogens with zero attached hydrogens (tertiary/aromatic N) is 1. The number of anilines is 2. The van der Waals surface area contributed by atoms with Gasteiger partial charge in [-0.3, -0.25) is 4.79 Å². The van der Waals surface area contributed by atoms with Gasteiger partial charge in [0.05, 0.1) is 6.61 Å². The van der Waals surface area contributed by atoms with Crippen molar-refractivity contribution in [2.45, 2.75) is 26.8 Å². The third-order valence-electron chi connectivity index (χ3n) is 3.03. The molecule has 0 radical (unpaired) electrons. The zero-order valence-electron chi connectivity index (χ0n) is 11.6. The first kappa shape index (κ1) is 14.5. The van der Waals surface area contributed by atoms with Crippen LogP contribution in [0, 0.1) is 0 Å². The maximum atomic E-state index is 11.5. The molecule has 1 atom stereocenters. The Morgan fingerprint density at radius 2 is 2.17 bits per heavy atom. The quantitative estimate of drug-likeness (QED) is 0.622. The van der Waals surface area contributed by atoms with E-state index in [0.717, 1.165) is 12.2 Å². The summed E-state index contributed by atoms with van der Waals surface area (Å²) in [6.45, 7) is 7.20. The van der Waals surface area contributed by atoms with Crippen molar-refractivity contribution in [3.63, 3.8) is 0 Å². The van der Waals surface area contributed by atoms with Crippen molar-refractivity contribution in [2.24, 2.45) is 0 Å². The van der Waals surface area contributed by atoms with Crippen LogP contribution in [-0.2, 0) is 4.74 Å². The van der Waals surface area contributed by atoms with Gasteiger partial charge in [-0.15, -0.1) is 0 Å². The second-order valence-electron chi connectivity index (χ2n) is 4.42. The molecule has 0 fully saturated rings. The van der Waals surface area contributed by atoms with Gasteiger partial charge in [-0.05, 0) is 39.0 Å². The van der Waals surface area contributed by atoms with Gasteiger partial charge in [0, 0.05) is 36.6 Å². The summed E-state index contributed by atoms with van der Waals surface area (Å²) in [5.41, 5.74) is 7.91. The molecule has 18 heavy (non-hydrogen) atoms. The van der Waals surface area contributed by atoms with E-state index in [2.05, 4.69) is 18.7 Å². The van der Waals surface area contributed by atoms with E-state index < -0.39 is 0 Å². The first-order valence-corrected chi connectivity index (χ1v) is 6.17. The molecule has 4 heteroatoms. The van der Waals surface area contributed by atoms with Crippen molar-refractivity contribution < 1.29 is 9.53 Å². The predicted octanol–water partition coefficient (Wildman–Crippen LogP) is 2.33. The zero-order valence-corrected chi connectivity index (χ0v) is 11.6.